The molecule has 4 rings (SSSR count). The fraction of sp³-hybridized carbons (Fsp3) is 0.238. The largest absolute Gasteiger partial charge is 0.378 e. The lowest BCUT2D eigenvalue weighted by molar-refractivity contribution is 0.122. The average molecular weight is 346 g/mol. The van der Waals surface area contributed by atoms with Gasteiger partial charge in [-0.05, 0) is 41.0 Å². The predicted octanol–water partition coefficient (Wildman–Crippen LogP) is 3.03. The van der Waals surface area contributed by atoms with Crippen LogP contribution in [0.1, 0.15) is 17.2 Å². The molecule has 1 unspecified atom stereocenters. The van der Waals surface area contributed by atoms with Crippen molar-refractivity contribution in [1.29, 1.82) is 0 Å². The Balaban J connectivity index is 1.56. The van der Waals surface area contributed by atoms with Crippen LogP contribution in [-0.2, 0) is 4.74 Å². The molecule has 0 bridgehead atoms. The molecular formula is C21H22N4O. The number of morpholine rings is 1. The Morgan fingerprint density at radius 2 is 1.65 bits per heavy atom. The molecule has 1 aromatic carbocycles. The molecule has 5 heteroatoms. The molecule has 1 fully saturated rings. The molecule has 132 valence electrons. The molecule has 26 heavy (non-hydrogen) atoms. The van der Waals surface area contributed by atoms with Crippen molar-refractivity contribution in [2.24, 2.45) is 5.73 Å². The van der Waals surface area contributed by atoms with Crippen LogP contribution in [0.25, 0.3) is 11.1 Å². The first kappa shape index (κ1) is 16.7. The van der Waals surface area contributed by atoms with E-state index < -0.39 is 0 Å². The molecule has 0 aliphatic carbocycles. The lowest BCUT2D eigenvalue weighted by Crippen LogP contribution is -2.36. The van der Waals surface area contributed by atoms with Gasteiger partial charge >= 0.3 is 0 Å². The Morgan fingerprint density at radius 1 is 0.885 bits per heavy atom. The summed E-state index contributed by atoms with van der Waals surface area (Å²) in [6.07, 6.45) is 7.25. The van der Waals surface area contributed by atoms with E-state index in [0.29, 0.717) is 0 Å². The van der Waals surface area contributed by atoms with E-state index in [1.54, 1.807) is 12.4 Å². The number of aromatic nitrogens is 2. The summed E-state index contributed by atoms with van der Waals surface area (Å²) in [6, 6.07) is 14.4. The van der Waals surface area contributed by atoms with Crippen LogP contribution in [-0.4, -0.2) is 36.3 Å². The van der Waals surface area contributed by atoms with E-state index in [-0.39, 0.29) is 6.04 Å². The van der Waals surface area contributed by atoms with Gasteiger partial charge in [0.25, 0.3) is 0 Å². The normalized spacial score (nSPS) is 15.7. The molecule has 2 N–H and O–H groups in total. The van der Waals surface area contributed by atoms with Crippen molar-refractivity contribution in [3.05, 3.63) is 78.4 Å². The highest BCUT2D eigenvalue weighted by Gasteiger charge is 2.13. The van der Waals surface area contributed by atoms with Crippen LogP contribution in [0.15, 0.2) is 67.3 Å². The summed E-state index contributed by atoms with van der Waals surface area (Å²) in [5.74, 6) is 0. The topological polar surface area (TPSA) is 64.3 Å². The van der Waals surface area contributed by atoms with Gasteiger partial charge in [0.05, 0.1) is 19.3 Å². The van der Waals surface area contributed by atoms with Crippen LogP contribution < -0.4 is 10.6 Å². The van der Waals surface area contributed by atoms with Crippen molar-refractivity contribution in [2.45, 2.75) is 6.04 Å². The standard InChI is InChI=1S/C21H22N4O/c22-21(17-2-1-7-23-13-17)19-12-18(14-24-15-19)16-3-5-20(6-4-16)25-8-10-26-11-9-25/h1-7,12-15,21H,8-11,22H2. The van der Waals surface area contributed by atoms with Crippen molar-refractivity contribution in [2.75, 3.05) is 31.2 Å². The van der Waals surface area contributed by atoms with Crippen molar-refractivity contribution >= 4 is 5.69 Å². The van der Waals surface area contributed by atoms with E-state index >= 15 is 0 Å². The van der Waals surface area contributed by atoms with Crippen LogP contribution in [0.3, 0.4) is 0 Å². The van der Waals surface area contributed by atoms with Gasteiger partial charge in [0.2, 0.25) is 0 Å². The second kappa shape index (κ2) is 7.64. The second-order valence-electron chi connectivity index (χ2n) is 6.42. The maximum atomic E-state index is 6.39. The molecule has 3 heterocycles. The first-order chi connectivity index (χ1) is 12.8. The molecule has 1 aliphatic heterocycles. The molecule has 0 saturated carbocycles. The zero-order valence-electron chi connectivity index (χ0n) is 14.6. The minimum absolute atomic E-state index is 0.233. The van der Waals surface area contributed by atoms with E-state index in [9.17, 15) is 0 Å². The van der Waals surface area contributed by atoms with Crippen molar-refractivity contribution in [1.82, 2.24) is 9.97 Å². The molecule has 1 aliphatic rings. The Hall–Kier alpha value is -2.76. The van der Waals surface area contributed by atoms with E-state index in [2.05, 4.69) is 45.2 Å². The Labute approximate surface area is 153 Å². The highest BCUT2D eigenvalue weighted by Crippen LogP contribution is 2.26. The van der Waals surface area contributed by atoms with Crippen LogP contribution in [0.2, 0.25) is 0 Å². The Kier molecular flexibility index (Phi) is 4.91. The first-order valence-corrected chi connectivity index (χ1v) is 8.85. The molecule has 1 atom stereocenters. The number of ether oxygens (including phenoxy) is 1. The SMILES string of the molecule is NC(c1cccnc1)c1cncc(-c2ccc(N3CCOCC3)cc2)c1. The van der Waals surface area contributed by atoms with E-state index in [1.165, 1.54) is 5.69 Å². The summed E-state index contributed by atoms with van der Waals surface area (Å²) in [6.45, 7) is 3.46. The summed E-state index contributed by atoms with van der Waals surface area (Å²) in [4.78, 5) is 10.9. The van der Waals surface area contributed by atoms with Gasteiger partial charge in [-0.1, -0.05) is 18.2 Å². The number of pyridine rings is 2. The maximum absolute atomic E-state index is 6.39. The van der Waals surface area contributed by atoms with Gasteiger partial charge in [-0.25, -0.2) is 0 Å². The van der Waals surface area contributed by atoms with Crippen LogP contribution in [0, 0.1) is 0 Å². The third kappa shape index (κ3) is 3.59. The number of benzene rings is 1. The summed E-state index contributed by atoms with van der Waals surface area (Å²) < 4.78 is 5.42. The minimum Gasteiger partial charge on any atom is -0.378 e. The number of nitrogens with two attached hydrogens (primary N) is 1. The van der Waals surface area contributed by atoms with Gasteiger partial charge in [-0.15, -0.1) is 0 Å². The number of nitrogens with zero attached hydrogens (tertiary/aromatic N) is 3. The molecule has 2 aromatic heterocycles. The zero-order valence-corrected chi connectivity index (χ0v) is 14.6. The Bertz CT molecular complexity index is 845. The molecule has 0 spiro atoms. The fourth-order valence-corrected chi connectivity index (χ4v) is 3.22. The lowest BCUT2D eigenvalue weighted by Gasteiger charge is -2.28. The molecule has 0 radical (unpaired) electrons. The highest BCUT2D eigenvalue weighted by atomic mass is 16.5. The predicted molar refractivity (Wildman–Crippen MR) is 103 cm³/mol. The molecule has 1 saturated heterocycles. The van der Waals surface area contributed by atoms with Crippen molar-refractivity contribution in [3.8, 4) is 11.1 Å². The van der Waals surface area contributed by atoms with Crippen molar-refractivity contribution in [3.63, 3.8) is 0 Å². The Morgan fingerprint density at radius 3 is 2.38 bits per heavy atom. The molecule has 5 nitrogen and oxygen atoms in total. The van der Waals surface area contributed by atoms with Gasteiger partial charge in [0.15, 0.2) is 0 Å². The quantitative estimate of drug-likeness (QED) is 0.787. The first-order valence-electron chi connectivity index (χ1n) is 8.85. The third-order valence-corrected chi connectivity index (χ3v) is 4.74. The van der Waals surface area contributed by atoms with Gasteiger partial charge < -0.3 is 15.4 Å². The highest BCUT2D eigenvalue weighted by molar-refractivity contribution is 5.66. The molecule has 3 aromatic rings. The zero-order chi connectivity index (χ0) is 17.8. The smallest absolute Gasteiger partial charge is 0.0642 e. The van der Waals surface area contributed by atoms with Gasteiger partial charge in [0, 0.05) is 49.1 Å². The molecular weight excluding hydrogens is 324 g/mol. The summed E-state index contributed by atoms with van der Waals surface area (Å²) in [7, 11) is 0. The van der Waals surface area contributed by atoms with Gasteiger partial charge in [-0.3, -0.25) is 9.97 Å². The van der Waals surface area contributed by atoms with Gasteiger partial charge in [0.1, 0.15) is 0 Å². The van der Waals surface area contributed by atoms with Crippen LogP contribution in [0.5, 0.6) is 0 Å². The van der Waals surface area contributed by atoms with Crippen molar-refractivity contribution < 1.29 is 4.74 Å². The van der Waals surface area contributed by atoms with E-state index in [1.807, 2.05) is 24.5 Å². The second-order valence-corrected chi connectivity index (χ2v) is 6.42. The maximum Gasteiger partial charge on any atom is 0.0642 e. The monoisotopic (exact) mass is 346 g/mol. The number of rotatable bonds is 4. The number of hydrogen-bond acceptors (Lipinski definition) is 5. The lowest BCUT2D eigenvalue weighted by atomic mass is 9.99. The number of anilines is 1. The number of hydrogen-bond donors (Lipinski definition) is 1. The minimum atomic E-state index is -0.233. The third-order valence-electron chi connectivity index (χ3n) is 4.74. The van der Waals surface area contributed by atoms with Gasteiger partial charge in [-0.2, -0.15) is 0 Å². The van der Waals surface area contributed by atoms with Crippen LogP contribution in [0.4, 0.5) is 5.69 Å². The summed E-state index contributed by atoms with van der Waals surface area (Å²) in [5, 5.41) is 0. The fourth-order valence-electron chi connectivity index (χ4n) is 3.22. The average Bonchev–Trinajstić information content (AvgIpc) is 2.75. The van der Waals surface area contributed by atoms with E-state index in [0.717, 1.165) is 48.6 Å². The van der Waals surface area contributed by atoms with E-state index in [4.69, 9.17) is 10.5 Å². The van der Waals surface area contributed by atoms with Crippen LogP contribution >= 0.6 is 0 Å². The summed E-state index contributed by atoms with van der Waals surface area (Å²) in [5.41, 5.74) is 11.8. The summed E-state index contributed by atoms with van der Waals surface area (Å²) >= 11 is 0. The molecule has 0 amide bonds.